The summed E-state index contributed by atoms with van der Waals surface area (Å²) >= 11 is 7.66. The van der Waals surface area contributed by atoms with Crippen LogP contribution in [0.2, 0.25) is 5.02 Å². The maximum atomic E-state index is 12.7. The number of thiazole rings is 1. The molecule has 1 aromatic carbocycles. The minimum absolute atomic E-state index is 0.117. The Bertz CT molecular complexity index is 1150. The van der Waals surface area contributed by atoms with E-state index in [2.05, 4.69) is 20.3 Å². The van der Waals surface area contributed by atoms with Crippen molar-refractivity contribution in [3.8, 4) is 0 Å². The van der Waals surface area contributed by atoms with Gasteiger partial charge in [0.15, 0.2) is 5.82 Å². The average Bonchev–Trinajstić information content (AvgIpc) is 3.07. The summed E-state index contributed by atoms with van der Waals surface area (Å²) < 4.78 is 1.62. The largest absolute Gasteiger partial charge is 0.360 e. The van der Waals surface area contributed by atoms with Gasteiger partial charge in [-0.2, -0.15) is 0 Å². The molecule has 4 aromatic rings. The first-order valence-corrected chi connectivity index (χ1v) is 8.91. The molecule has 126 valence electrons. The van der Waals surface area contributed by atoms with Crippen molar-refractivity contribution >= 4 is 49.9 Å². The molecule has 0 aliphatic heterocycles. The first-order valence-electron chi connectivity index (χ1n) is 7.65. The highest BCUT2D eigenvalue weighted by atomic mass is 35.5. The zero-order valence-electron chi connectivity index (χ0n) is 13.5. The quantitative estimate of drug-likeness (QED) is 0.593. The summed E-state index contributed by atoms with van der Waals surface area (Å²) in [6.07, 6.45) is 1.51. The van der Waals surface area contributed by atoms with Crippen molar-refractivity contribution < 1.29 is 0 Å². The summed E-state index contributed by atoms with van der Waals surface area (Å²) in [6, 6.07) is 7.28. The average molecular weight is 372 g/mol. The van der Waals surface area contributed by atoms with Crippen LogP contribution in [0.5, 0.6) is 0 Å². The van der Waals surface area contributed by atoms with Gasteiger partial charge in [-0.15, -0.1) is 11.3 Å². The summed E-state index contributed by atoms with van der Waals surface area (Å²) in [6.45, 7) is 1.98. The maximum Gasteiger partial charge on any atom is 0.259 e. The Kier molecular flexibility index (Phi) is 3.89. The lowest BCUT2D eigenvalue weighted by Crippen LogP contribution is -2.24. The first kappa shape index (κ1) is 16.0. The number of anilines is 1. The molecule has 0 spiro atoms. The van der Waals surface area contributed by atoms with Crippen LogP contribution < -0.4 is 10.9 Å². The van der Waals surface area contributed by atoms with E-state index < -0.39 is 0 Å². The van der Waals surface area contributed by atoms with Gasteiger partial charge < -0.3 is 9.88 Å². The number of aromatic nitrogens is 4. The zero-order valence-corrected chi connectivity index (χ0v) is 15.1. The van der Waals surface area contributed by atoms with E-state index in [0.29, 0.717) is 16.2 Å². The molecule has 25 heavy (non-hydrogen) atoms. The number of hydrogen-bond acceptors (Lipinski definition) is 6. The molecule has 0 bridgehead atoms. The summed E-state index contributed by atoms with van der Waals surface area (Å²) in [7, 11) is 1.75. The SMILES string of the molecule is C[C@H](Nc1ncnc2scnc12)c1cc2cccc(Cl)c2c(=O)n1C. The fourth-order valence-electron chi connectivity index (χ4n) is 2.92. The van der Waals surface area contributed by atoms with Gasteiger partial charge in [0.25, 0.3) is 5.56 Å². The molecule has 0 unspecified atom stereocenters. The number of nitrogens with zero attached hydrogens (tertiary/aromatic N) is 4. The summed E-state index contributed by atoms with van der Waals surface area (Å²) in [5.74, 6) is 0.650. The van der Waals surface area contributed by atoms with Crippen molar-refractivity contribution in [3.05, 3.63) is 57.2 Å². The Balaban J connectivity index is 1.80. The van der Waals surface area contributed by atoms with Crippen LogP contribution in [0.4, 0.5) is 5.82 Å². The Morgan fingerprint density at radius 1 is 1.28 bits per heavy atom. The number of hydrogen-bond donors (Lipinski definition) is 1. The van der Waals surface area contributed by atoms with E-state index in [1.54, 1.807) is 23.2 Å². The molecule has 1 N–H and O–H groups in total. The molecule has 0 fully saturated rings. The highest BCUT2D eigenvalue weighted by Gasteiger charge is 2.16. The van der Waals surface area contributed by atoms with Gasteiger partial charge in [0, 0.05) is 12.7 Å². The van der Waals surface area contributed by atoms with Crippen LogP contribution in [0.3, 0.4) is 0 Å². The summed E-state index contributed by atoms with van der Waals surface area (Å²) in [5.41, 5.74) is 3.19. The Morgan fingerprint density at radius 3 is 2.96 bits per heavy atom. The monoisotopic (exact) mass is 371 g/mol. The highest BCUT2D eigenvalue weighted by molar-refractivity contribution is 7.16. The van der Waals surface area contributed by atoms with Crippen molar-refractivity contribution in [1.29, 1.82) is 0 Å². The minimum Gasteiger partial charge on any atom is -0.360 e. The van der Waals surface area contributed by atoms with Crippen LogP contribution in [-0.2, 0) is 7.05 Å². The minimum atomic E-state index is -0.152. The molecule has 4 rings (SSSR count). The lowest BCUT2D eigenvalue weighted by molar-refractivity contribution is 0.721. The molecule has 6 nitrogen and oxygen atoms in total. The van der Waals surface area contributed by atoms with Crippen molar-refractivity contribution in [1.82, 2.24) is 19.5 Å². The number of rotatable bonds is 3. The van der Waals surface area contributed by atoms with E-state index >= 15 is 0 Å². The van der Waals surface area contributed by atoms with Gasteiger partial charge >= 0.3 is 0 Å². The third-order valence-corrected chi connectivity index (χ3v) is 5.23. The fourth-order valence-corrected chi connectivity index (χ4v) is 3.81. The van der Waals surface area contributed by atoms with Gasteiger partial charge in [-0.3, -0.25) is 4.79 Å². The predicted octanol–water partition coefficient (Wildman–Crippen LogP) is 3.76. The van der Waals surface area contributed by atoms with Crippen LogP contribution in [0.25, 0.3) is 21.1 Å². The molecular weight excluding hydrogens is 358 g/mol. The van der Waals surface area contributed by atoms with E-state index in [-0.39, 0.29) is 11.6 Å². The molecule has 8 heteroatoms. The first-order chi connectivity index (χ1) is 12.1. The van der Waals surface area contributed by atoms with Crippen molar-refractivity contribution in [2.24, 2.45) is 7.05 Å². The smallest absolute Gasteiger partial charge is 0.259 e. The van der Waals surface area contributed by atoms with E-state index in [9.17, 15) is 4.79 Å². The van der Waals surface area contributed by atoms with E-state index in [4.69, 9.17) is 11.6 Å². The Labute approximate surface area is 152 Å². The normalized spacial score (nSPS) is 12.6. The maximum absolute atomic E-state index is 12.7. The second-order valence-corrected chi connectivity index (χ2v) is 6.97. The molecule has 3 heterocycles. The molecule has 0 aliphatic rings. The second-order valence-electron chi connectivity index (χ2n) is 5.73. The van der Waals surface area contributed by atoms with Crippen LogP contribution in [0.15, 0.2) is 40.9 Å². The van der Waals surface area contributed by atoms with Crippen LogP contribution in [0, 0.1) is 0 Å². The molecular formula is C17H14ClN5OS. The molecule has 0 saturated heterocycles. The van der Waals surface area contributed by atoms with E-state index in [0.717, 1.165) is 21.4 Å². The zero-order chi connectivity index (χ0) is 17.6. The number of fused-ring (bicyclic) bond motifs is 2. The van der Waals surface area contributed by atoms with Gasteiger partial charge in [-0.05, 0) is 24.4 Å². The highest BCUT2D eigenvalue weighted by Crippen LogP contribution is 2.27. The number of nitrogens with one attached hydrogen (secondary N) is 1. The van der Waals surface area contributed by atoms with Gasteiger partial charge in [-0.25, -0.2) is 15.0 Å². The third kappa shape index (κ3) is 2.65. The topological polar surface area (TPSA) is 72.7 Å². The lowest BCUT2D eigenvalue weighted by Gasteiger charge is -2.19. The van der Waals surface area contributed by atoms with Crippen LogP contribution >= 0.6 is 22.9 Å². The standard InChI is InChI=1S/C17H14ClN5OS/c1-9(22-15-14-16(20-7-19-15)25-8-21-14)12-6-10-4-3-5-11(18)13(10)17(24)23(12)2/h3-9H,1-2H3,(H,19,20,22)/t9-/m0/s1. The van der Waals surface area contributed by atoms with Crippen LogP contribution in [-0.4, -0.2) is 19.5 Å². The van der Waals surface area contributed by atoms with Crippen LogP contribution in [0.1, 0.15) is 18.7 Å². The lowest BCUT2D eigenvalue weighted by atomic mass is 10.1. The number of halogens is 1. The van der Waals surface area contributed by atoms with Gasteiger partial charge in [-0.1, -0.05) is 23.7 Å². The molecule has 0 radical (unpaired) electrons. The summed E-state index contributed by atoms with van der Waals surface area (Å²) in [4.78, 5) is 26.3. The van der Waals surface area contributed by atoms with Gasteiger partial charge in [0.1, 0.15) is 16.7 Å². The van der Waals surface area contributed by atoms with Gasteiger partial charge in [0.05, 0.1) is 22.0 Å². The molecule has 1 atom stereocenters. The van der Waals surface area contributed by atoms with Crippen molar-refractivity contribution in [2.75, 3.05) is 5.32 Å². The summed E-state index contributed by atoms with van der Waals surface area (Å²) in [5, 5.41) is 5.15. The van der Waals surface area contributed by atoms with E-state index in [1.165, 1.54) is 17.7 Å². The molecule has 3 aromatic heterocycles. The molecule has 0 aliphatic carbocycles. The fraction of sp³-hybridized carbons (Fsp3) is 0.176. The number of benzene rings is 1. The molecule has 0 saturated carbocycles. The van der Waals surface area contributed by atoms with Crippen molar-refractivity contribution in [2.45, 2.75) is 13.0 Å². The van der Waals surface area contributed by atoms with E-state index in [1.807, 2.05) is 25.1 Å². The van der Waals surface area contributed by atoms with Crippen molar-refractivity contribution in [3.63, 3.8) is 0 Å². The second kappa shape index (κ2) is 6.09. The predicted molar refractivity (Wildman–Crippen MR) is 101 cm³/mol. The van der Waals surface area contributed by atoms with Gasteiger partial charge in [0.2, 0.25) is 0 Å². The Morgan fingerprint density at radius 2 is 2.12 bits per heavy atom. The Hall–Kier alpha value is -2.51. The number of pyridine rings is 1. The molecule has 0 amide bonds. The third-order valence-electron chi connectivity index (χ3n) is 4.19.